The Balaban J connectivity index is 2.82. The molecule has 0 spiro atoms. The van der Waals surface area contributed by atoms with Gasteiger partial charge in [0.15, 0.2) is 0 Å². The molecule has 1 aromatic heterocycles. The van der Waals surface area contributed by atoms with Gasteiger partial charge in [-0.05, 0) is 26.3 Å². The molecule has 1 N–H and O–H groups in total. The molecule has 19 heavy (non-hydrogen) atoms. The van der Waals surface area contributed by atoms with Gasteiger partial charge in [0.05, 0.1) is 5.69 Å². The monoisotopic (exact) mass is 277 g/mol. The van der Waals surface area contributed by atoms with Gasteiger partial charge in [0, 0.05) is 30.8 Å². The van der Waals surface area contributed by atoms with E-state index in [0.717, 1.165) is 29.8 Å². The Morgan fingerprint density at radius 1 is 1.21 bits per heavy atom. The van der Waals surface area contributed by atoms with Crippen molar-refractivity contribution in [1.82, 2.24) is 15.1 Å². The van der Waals surface area contributed by atoms with Gasteiger partial charge in [-0.2, -0.15) is 18.3 Å². The summed E-state index contributed by atoms with van der Waals surface area (Å²) >= 11 is 0. The van der Waals surface area contributed by atoms with E-state index in [0.29, 0.717) is 13.1 Å². The van der Waals surface area contributed by atoms with E-state index in [2.05, 4.69) is 10.4 Å². The maximum Gasteiger partial charge on any atom is 0.389 e. The molecule has 6 heteroatoms. The summed E-state index contributed by atoms with van der Waals surface area (Å²) in [5.74, 6) is 0. The largest absolute Gasteiger partial charge is 0.389 e. The number of aryl methyl sites for hydroxylation is 2. The minimum atomic E-state index is -4.08. The van der Waals surface area contributed by atoms with Crippen molar-refractivity contribution >= 4 is 0 Å². The average molecular weight is 277 g/mol. The van der Waals surface area contributed by atoms with Crippen LogP contribution in [0.5, 0.6) is 0 Å². The molecular weight excluding hydrogens is 255 g/mol. The number of hydrogen-bond acceptors (Lipinski definition) is 2. The zero-order valence-electron chi connectivity index (χ0n) is 11.8. The number of alkyl halides is 3. The fourth-order valence-electron chi connectivity index (χ4n) is 2.26. The maximum atomic E-state index is 12.2. The van der Waals surface area contributed by atoms with Gasteiger partial charge in [-0.15, -0.1) is 0 Å². The highest BCUT2D eigenvalue weighted by molar-refractivity contribution is 5.26. The zero-order chi connectivity index (χ0) is 14.5. The molecule has 0 bridgehead atoms. The van der Waals surface area contributed by atoms with Crippen LogP contribution in [0.1, 0.15) is 43.6 Å². The number of rotatable bonds is 7. The van der Waals surface area contributed by atoms with E-state index in [4.69, 9.17) is 0 Å². The molecule has 0 unspecified atom stereocenters. The van der Waals surface area contributed by atoms with Crippen molar-refractivity contribution in [3.05, 3.63) is 17.0 Å². The summed E-state index contributed by atoms with van der Waals surface area (Å²) in [6, 6.07) is 0. The van der Waals surface area contributed by atoms with Gasteiger partial charge >= 0.3 is 6.18 Å². The molecule has 0 saturated heterocycles. The van der Waals surface area contributed by atoms with Crippen LogP contribution in [0.25, 0.3) is 0 Å². The van der Waals surface area contributed by atoms with Crippen LogP contribution in [0.15, 0.2) is 0 Å². The molecular formula is C13H22F3N3. The third-order valence-electron chi connectivity index (χ3n) is 3.10. The van der Waals surface area contributed by atoms with Crippen molar-refractivity contribution in [1.29, 1.82) is 0 Å². The first-order valence-electron chi connectivity index (χ1n) is 6.71. The predicted octanol–water partition coefficient (Wildman–Crippen LogP) is 3.07. The number of hydrogen-bond donors (Lipinski definition) is 1. The van der Waals surface area contributed by atoms with Gasteiger partial charge in [-0.25, -0.2) is 0 Å². The second kappa shape index (κ2) is 6.93. The molecule has 1 heterocycles. The van der Waals surface area contributed by atoms with Gasteiger partial charge in [0.2, 0.25) is 0 Å². The lowest BCUT2D eigenvalue weighted by molar-refractivity contribution is -0.136. The Bertz CT molecular complexity index is 397. The lowest BCUT2D eigenvalue weighted by atomic mass is 10.1. The van der Waals surface area contributed by atoms with Gasteiger partial charge in [-0.3, -0.25) is 4.68 Å². The van der Waals surface area contributed by atoms with Gasteiger partial charge in [0.25, 0.3) is 0 Å². The molecule has 0 aliphatic rings. The maximum absolute atomic E-state index is 12.2. The van der Waals surface area contributed by atoms with Crippen molar-refractivity contribution in [2.45, 2.75) is 58.8 Å². The first-order valence-corrected chi connectivity index (χ1v) is 6.71. The summed E-state index contributed by atoms with van der Waals surface area (Å²) in [4.78, 5) is 0. The van der Waals surface area contributed by atoms with E-state index >= 15 is 0 Å². The van der Waals surface area contributed by atoms with Gasteiger partial charge in [-0.1, -0.05) is 13.8 Å². The molecule has 1 rings (SSSR count). The van der Waals surface area contributed by atoms with Crippen LogP contribution >= 0.6 is 0 Å². The number of nitrogens with zero attached hydrogens (tertiary/aromatic N) is 2. The molecule has 0 saturated carbocycles. The van der Waals surface area contributed by atoms with Crippen LogP contribution in [0.3, 0.4) is 0 Å². The molecule has 0 amide bonds. The number of halogens is 3. The standard InChI is InChI=1S/C13H22F3N3/c1-4-11-10(9-17-3)12(5-2)19(18-11)8-6-7-13(14,15)16/h17H,4-9H2,1-3H3. The molecule has 1 aromatic rings. The van der Waals surface area contributed by atoms with E-state index in [1.807, 2.05) is 20.9 Å². The topological polar surface area (TPSA) is 29.9 Å². The highest BCUT2D eigenvalue weighted by atomic mass is 19.4. The first kappa shape index (κ1) is 16.0. The fraction of sp³-hybridized carbons (Fsp3) is 0.769. The van der Waals surface area contributed by atoms with Crippen molar-refractivity contribution in [2.24, 2.45) is 0 Å². The summed E-state index contributed by atoms with van der Waals surface area (Å²) in [6.07, 6.45) is -3.16. The molecule has 110 valence electrons. The summed E-state index contributed by atoms with van der Waals surface area (Å²) in [6.45, 7) is 5.07. The minimum Gasteiger partial charge on any atom is -0.316 e. The fourth-order valence-corrected chi connectivity index (χ4v) is 2.26. The molecule has 0 atom stereocenters. The lowest BCUT2D eigenvalue weighted by Crippen LogP contribution is -2.12. The summed E-state index contributed by atoms with van der Waals surface area (Å²) in [5, 5.41) is 7.54. The minimum absolute atomic E-state index is 0.0837. The Hall–Kier alpha value is -1.04. The average Bonchev–Trinajstić information content (AvgIpc) is 2.65. The highest BCUT2D eigenvalue weighted by Crippen LogP contribution is 2.23. The van der Waals surface area contributed by atoms with Crippen molar-refractivity contribution in [2.75, 3.05) is 7.05 Å². The summed E-state index contributed by atoms with van der Waals surface area (Å²) in [5.41, 5.74) is 3.17. The third kappa shape index (κ3) is 4.53. The van der Waals surface area contributed by atoms with Crippen LogP contribution in [-0.2, 0) is 25.9 Å². The lowest BCUT2D eigenvalue weighted by Gasteiger charge is -2.09. The summed E-state index contributed by atoms with van der Waals surface area (Å²) < 4.78 is 38.3. The number of aromatic nitrogens is 2. The van der Waals surface area contributed by atoms with Crippen LogP contribution < -0.4 is 5.32 Å². The number of nitrogens with one attached hydrogen (secondary N) is 1. The molecule has 0 aliphatic carbocycles. The van der Waals surface area contributed by atoms with Crippen LogP contribution in [0.4, 0.5) is 13.2 Å². The Morgan fingerprint density at radius 2 is 1.89 bits per heavy atom. The second-order valence-electron chi connectivity index (χ2n) is 4.55. The molecule has 0 aromatic carbocycles. The third-order valence-corrected chi connectivity index (χ3v) is 3.10. The van der Waals surface area contributed by atoms with Crippen molar-refractivity contribution in [3.63, 3.8) is 0 Å². The highest BCUT2D eigenvalue weighted by Gasteiger charge is 2.26. The quantitative estimate of drug-likeness (QED) is 0.830. The smallest absolute Gasteiger partial charge is 0.316 e. The Morgan fingerprint density at radius 3 is 2.37 bits per heavy atom. The van der Waals surface area contributed by atoms with E-state index in [-0.39, 0.29) is 6.42 Å². The van der Waals surface area contributed by atoms with Crippen LogP contribution in [-0.4, -0.2) is 23.0 Å². The molecule has 3 nitrogen and oxygen atoms in total. The van der Waals surface area contributed by atoms with Crippen molar-refractivity contribution < 1.29 is 13.2 Å². The van der Waals surface area contributed by atoms with E-state index in [1.54, 1.807) is 4.68 Å². The van der Waals surface area contributed by atoms with Gasteiger partial charge < -0.3 is 5.32 Å². The molecule has 0 radical (unpaired) electrons. The second-order valence-corrected chi connectivity index (χ2v) is 4.55. The normalized spacial score (nSPS) is 12.1. The Labute approximate surface area is 112 Å². The Kier molecular flexibility index (Phi) is 5.85. The van der Waals surface area contributed by atoms with Crippen LogP contribution in [0, 0.1) is 0 Å². The van der Waals surface area contributed by atoms with Crippen molar-refractivity contribution in [3.8, 4) is 0 Å². The first-order chi connectivity index (χ1) is 8.92. The van der Waals surface area contributed by atoms with E-state index < -0.39 is 12.6 Å². The summed E-state index contributed by atoms with van der Waals surface area (Å²) in [7, 11) is 1.86. The SMILES string of the molecule is CCc1nn(CCCC(F)(F)F)c(CC)c1CNC. The molecule has 0 fully saturated rings. The zero-order valence-corrected chi connectivity index (χ0v) is 11.8. The van der Waals surface area contributed by atoms with E-state index in [1.165, 1.54) is 0 Å². The predicted molar refractivity (Wildman–Crippen MR) is 69.0 cm³/mol. The van der Waals surface area contributed by atoms with E-state index in [9.17, 15) is 13.2 Å². The van der Waals surface area contributed by atoms with Crippen LogP contribution in [0.2, 0.25) is 0 Å². The van der Waals surface area contributed by atoms with Gasteiger partial charge in [0.1, 0.15) is 0 Å². The molecule has 0 aliphatic heterocycles.